The molecule has 4 N–H and O–H groups in total. The normalized spacial score (nSPS) is 11.5. The molecule has 0 unspecified atom stereocenters. The molecule has 0 atom stereocenters. The number of pyridine rings is 1. The van der Waals surface area contributed by atoms with Crippen molar-refractivity contribution in [2.24, 2.45) is 0 Å². The molecule has 0 bridgehead atoms. The fourth-order valence-corrected chi connectivity index (χ4v) is 5.01. The lowest BCUT2D eigenvalue weighted by molar-refractivity contribution is 0.0290. The van der Waals surface area contributed by atoms with Crippen LogP contribution >= 0.6 is 0 Å². The van der Waals surface area contributed by atoms with Crippen LogP contribution in [0.4, 0.5) is 10.5 Å². The molecular weight excluding hydrogens is 496 g/mol. The Kier molecular flexibility index (Phi) is 7.43. The van der Waals surface area contributed by atoms with Crippen molar-refractivity contribution >= 4 is 32.9 Å². The molecule has 0 radical (unpaired) electrons. The fraction of sp³-hybridized carbons (Fsp3) is 0.240. The van der Waals surface area contributed by atoms with E-state index in [1.54, 1.807) is 0 Å². The molecule has 0 aliphatic carbocycles. The number of nitrogens with one attached hydrogen (secondary N) is 2. The molecule has 0 saturated heterocycles. The van der Waals surface area contributed by atoms with Crippen LogP contribution in [0.3, 0.4) is 0 Å². The molecule has 2 heterocycles. The summed E-state index contributed by atoms with van der Waals surface area (Å²) in [6, 6.07) is 13.8. The minimum absolute atomic E-state index is 0.164. The highest BCUT2D eigenvalue weighted by molar-refractivity contribution is 7.90. The monoisotopic (exact) mass is 524 g/mol. The molecule has 0 aliphatic heterocycles. The Hall–Kier alpha value is -4.00. The summed E-state index contributed by atoms with van der Waals surface area (Å²) in [6.07, 6.45) is 1.23. The Morgan fingerprint density at radius 2 is 1.78 bits per heavy atom. The van der Waals surface area contributed by atoms with Crippen LogP contribution in [0.25, 0.3) is 16.9 Å². The number of hydrogen-bond acceptors (Lipinski definition) is 8. The Balaban J connectivity index is 1.40. The van der Waals surface area contributed by atoms with E-state index in [4.69, 9.17) is 20.4 Å². The predicted octanol–water partition coefficient (Wildman–Crippen LogP) is 3.42. The van der Waals surface area contributed by atoms with Gasteiger partial charge in [0, 0.05) is 24.3 Å². The van der Waals surface area contributed by atoms with Gasteiger partial charge in [0.15, 0.2) is 5.65 Å². The summed E-state index contributed by atoms with van der Waals surface area (Å²) in [5.41, 5.74) is 5.43. The molecule has 0 fully saturated rings. The molecule has 4 rings (SSSR count). The quantitative estimate of drug-likeness (QED) is 0.256. The van der Waals surface area contributed by atoms with Crippen LogP contribution in [0.15, 0.2) is 59.5 Å². The van der Waals surface area contributed by atoms with Gasteiger partial charge < -0.3 is 5.32 Å². The average molecular weight is 525 g/mol. The summed E-state index contributed by atoms with van der Waals surface area (Å²) in [5, 5.41) is 20.5. The minimum atomic E-state index is -4.20. The summed E-state index contributed by atoms with van der Waals surface area (Å²) in [6.45, 7) is 6.24. The topological polar surface area (TPSA) is 150 Å². The number of urea groups is 1. The van der Waals surface area contributed by atoms with Crippen molar-refractivity contribution in [1.29, 1.82) is 0 Å². The van der Waals surface area contributed by atoms with Gasteiger partial charge >= 0.3 is 6.03 Å². The first-order valence-electron chi connectivity index (χ1n) is 11.6. The van der Waals surface area contributed by atoms with E-state index in [0.29, 0.717) is 6.42 Å². The van der Waals surface area contributed by atoms with Crippen LogP contribution < -0.4 is 15.3 Å². The number of amides is 2. The van der Waals surface area contributed by atoms with E-state index < -0.39 is 16.1 Å². The highest BCUT2D eigenvalue weighted by Crippen LogP contribution is 2.24. The molecule has 4 aromatic rings. The van der Waals surface area contributed by atoms with Crippen molar-refractivity contribution in [1.82, 2.24) is 24.6 Å². The first kappa shape index (κ1) is 26.1. The molecular formula is C25H28N6O5S. The molecule has 2 aromatic heterocycles. The SMILES string of the molecule is CCc1nc2c(C)cc(C)nc2n1-c1ccc(CCNC(=O)NS(=O)(=O)c2cccc(N(O)O)c2)cc1. The Morgan fingerprint density at radius 1 is 1.05 bits per heavy atom. The largest absolute Gasteiger partial charge is 0.337 e. The second kappa shape index (κ2) is 10.5. The maximum absolute atomic E-state index is 12.4. The molecule has 2 amide bonds. The van der Waals surface area contributed by atoms with Gasteiger partial charge in [0.25, 0.3) is 10.0 Å². The van der Waals surface area contributed by atoms with Crippen LogP contribution in [0.1, 0.15) is 29.6 Å². The second-order valence-corrected chi connectivity index (χ2v) is 10.2. The number of rotatable bonds is 8. The number of benzene rings is 2. The van der Waals surface area contributed by atoms with Crippen LogP contribution in [0.2, 0.25) is 0 Å². The van der Waals surface area contributed by atoms with E-state index in [1.807, 2.05) is 48.9 Å². The maximum atomic E-state index is 12.4. The van der Waals surface area contributed by atoms with E-state index in [9.17, 15) is 13.2 Å². The number of carbonyl (C=O) groups excluding carboxylic acids is 1. The number of sulfonamides is 1. The molecule has 0 aliphatic rings. The lowest BCUT2D eigenvalue weighted by Gasteiger charge is -2.12. The summed E-state index contributed by atoms with van der Waals surface area (Å²) in [4.78, 5) is 21.4. The summed E-state index contributed by atoms with van der Waals surface area (Å²) < 4.78 is 28.8. The number of fused-ring (bicyclic) bond motifs is 1. The molecule has 0 spiro atoms. The molecule has 12 heteroatoms. The number of imidazole rings is 1. The van der Waals surface area contributed by atoms with Crippen LogP contribution in [-0.2, 0) is 22.9 Å². The molecule has 11 nitrogen and oxygen atoms in total. The summed E-state index contributed by atoms with van der Waals surface area (Å²) in [7, 11) is -4.20. The van der Waals surface area contributed by atoms with Gasteiger partial charge in [-0.1, -0.05) is 25.1 Å². The van der Waals surface area contributed by atoms with Gasteiger partial charge in [-0.05, 0) is 67.8 Å². The smallest absolute Gasteiger partial charge is 0.328 e. The third-order valence-electron chi connectivity index (χ3n) is 5.80. The molecule has 194 valence electrons. The van der Waals surface area contributed by atoms with E-state index >= 15 is 0 Å². The van der Waals surface area contributed by atoms with Crippen molar-refractivity contribution in [2.75, 3.05) is 11.8 Å². The highest BCUT2D eigenvalue weighted by atomic mass is 32.2. The Morgan fingerprint density at radius 3 is 2.46 bits per heavy atom. The van der Waals surface area contributed by atoms with Crippen molar-refractivity contribution in [2.45, 2.75) is 38.5 Å². The van der Waals surface area contributed by atoms with Gasteiger partial charge in [0.2, 0.25) is 0 Å². The van der Waals surface area contributed by atoms with Crippen LogP contribution in [0, 0.1) is 13.8 Å². The van der Waals surface area contributed by atoms with Crippen LogP contribution in [0.5, 0.6) is 0 Å². The predicted molar refractivity (Wildman–Crippen MR) is 138 cm³/mol. The number of nitrogens with zero attached hydrogens (tertiary/aromatic N) is 4. The number of carbonyl (C=O) groups is 1. The third-order valence-corrected chi connectivity index (χ3v) is 7.13. The zero-order chi connectivity index (χ0) is 26.7. The van der Waals surface area contributed by atoms with E-state index in [1.165, 1.54) is 18.2 Å². The highest BCUT2D eigenvalue weighted by Gasteiger charge is 2.19. The van der Waals surface area contributed by atoms with Gasteiger partial charge in [-0.2, -0.15) is 0 Å². The maximum Gasteiger partial charge on any atom is 0.328 e. The van der Waals surface area contributed by atoms with Gasteiger partial charge in [-0.25, -0.2) is 27.9 Å². The lowest BCUT2D eigenvalue weighted by Crippen LogP contribution is -2.40. The van der Waals surface area contributed by atoms with E-state index in [2.05, 4.69) is 16.8 Å². The standard InChI is InChI=1S/C25H28N6O5S/c1-4-22-28-23-16(2)14-17(3)27-24(23)30(22)19-10-8-18(9-11-19)12-13-26-25(32)29-37(35,36)21-7-5-6-20(15-21)31(33)34/h5-11,14-15,33-34H,4,12-13H2,1-3H3,(H2,26,29,32). The van der Waals surface area contributed by atoms with Crippen molar-refractivity contribution in [3.05, 3.63) is 77.2 Å². The Labute approximate surface area is 214 Å². The van der Waals surface area contributed by atoms with Crippen molar-refractivity contribution < 1.29 is 23.6 Å². The van der Waals surface area contributed by atoms with Crippen LogP contribution in [-0.4, -0.2) is 45.9 Å². The first-order valence-corrected chi connectivity index (χ1v) is 13.1. The average Bonchev–Trinajstić information content (AvgIpc) is 3.23. The zero-order valence-corrected chi connectivity index (χ0v) is 21.5. The number of hydrogen-bond donors (Lipinski definition) is 4. The van der Waals surface area contributed by atoms with E-state index in [0.717, 1.165) is 52.0 Å². The summed E-state index contributed by atoms with van der Waals surface area (Å²) in [5.74, 6) is 0.916. The van der Waals surface area contributed by atoms with E-state index in [-0.39, 0.29) is 22.4 Å². The van der Waals surface area contributed by atoms with Gasteiger partial charge in [-0.15, -0.1) is 5.23 Å². The number of aryl methyl sites for hydroxylation is 3. The van der Waals surface area contributed by atoms with Gasteiger partial charge in [0.1, 0.15) is 11.3 Å². The Bertz CT molecular complexity index is 1550. The lowest BCUT2D eigenvalue weighted by atomic mass is 10.1. The molecule has 37 heavy (non-hydrogen) atoms. The number of anilines is 1. The minimum Gasteiger partial charge on any atom is -0.337 e. The van der Waals surface area contributed by atoms with Gasteiger partial charge in [0.05, 0.1) is 10.6 Å². The fourth-order valence-electron chi connectivity index (χ4n) is 4.04. The first-order chi connectivity index (χ1) is 17.6. The second-order valence-electron chi connectivity index (χ2n) is 8.53. The summed E-state index contributed by atoms with van der Waals surface area (Å²) >= 11 is 0. The molecule has 0 saturated carbocycles. The number of aromatic nitrogens is 3. The molecule has 2 aromatic carbocycles. The van der Waals surface area contributed by atoms with Crippen molar-refractivity contribution in [3.63, 3.8) is 0 Å². The zero-order valence-electron chi connectivity index (χ0n) is 20.6. The van der Waals surface area contributed by atoms with Crippen molar-refractivity contribution in [3.8, 4) is 5.69 Å². The third kappa shape index (κ3) is 5.71. The van der Waals surface area contributed by atoms with Gasteiger partial charge in [-0.3, -0.25) is 15.0 Å².